The molecule has 1 N–H and O–H groups in total. The van der Waals surface area contributed by atoms with E-state index in [2.05, 4.69) is 15.2 Å². The smallest absolute Gasteiger partial charge is 0.257 e. The Bertz CT molecular complexity index is 983. The Kier molecular flexibility index (Phi) is 7.68. The zero-order chi connectivity index (χ0) is 22.6. The molecule has 1 saturated heterocycles. The highest BCUT2D eigenvalue weighted by molar-refractivity contribution is 7.89. The number of hydrogen-bond acceptors (Lipinski definition) is 7. The number of thiazole rings is 1. The highest BCUT2D eigenvalue weighted by Gasteiger charge is 2.29. The molecule has 1 amide bonds. The lowest BCUT2D eigenvalue weighted by Gasteiger charge is -2.35. The molecule has 1 aromatic carbocycles. The summed E-state index contributed by atoms with van der Waals surface area (Å²) in [6.45, 7) is 10.1. The number of nitrogens with one attached hydrogen (secondary N) is 1. The summed E-state index contributed by atoms with van der Waals surface area (Å²) in [5, 5.41) is 4.74. The van der Waals surface area contributed by atoms with Gasteiger partial charge in [0, 0.05) is 49.9 Å². The molecule has 2 heterocycles. The van der Waals surface area contributed by atoms with Crippen molar-refractivity contribution < 1.29 is 17.9 Å². The normalized spacial score (nSPS) is 16.1. The lowest BCUT2D eigenvalue weighted by molar-refractivity contribution is 0.102. The Hall–Kier alpha value is -2.01. The van der Waals surface area contributed by atoms with Gasteiger partial charge in [-0.25, -0.2) is 13.4 Å². The van der Waals surface area contributed by atoms with Gasteiger partial charge in [-0.1, -0.05) is 0 Å². The number of sulfonamides is 1. The van der Waals surface area contributed by atoms with Crippen molar-refractivity contribution >= 4 is 32.4 Å². The summed E-state index contributed by atoms with van der Waals surface area (Å²) >= 11 is 1.36. The minimum absolute atomic E-state index is 0.0186. The monoisotopic (exact) mass is 466 g/mol. The summed E-state index contributed by atoms with van der Waals surface area (Å²) in [5.41, 5.74) is 1.45. The molecule has 0 atom stereocenters. The van der Waals surface area contributed by atoms with Crippen molar-refractivity contribution in [3.63, 3.8) is 0 Å². The van der Waals surface area contributed by atoms with Crippen LogP contribution < -0.4 is 10.1 Å². The zero-order valence-electron chi connectivity index (χ0n) is 18.4. The van der Waals surface area contributed by atoms with Gasteiger partial charge in [0.15, 0.2) is 5.13 Å². The number of nitrogens with zero attached hydrogens (tertiary/aromatic N) is 3. The van der Waals surface area contributed by atoms with E-state index < -0.39 is 15.3 Å². The molecule has 2 aromatic rings. The van der Waals surface area contributed by atoms with Gasteiger partial charge in [-0.2, -0.15) is 4.31 Å². The van der Waals surface area contributed by atoms with E-state index in [1.807, 2.05) is 26.0 Å². The largest absolute Gasteiger partial charge is 0.491 e. The molecule has 0 spiro atoms. The third kappa shape index (κ3) is 6.25. The molecule has 3 rings (SSSR count). The summed E-state index contributed by atoms with van der Waals surface area (Å²) in [6.07, 6.45) is 1.62. The molecule has 0 bridgehead atoms. The lowest BCUT2D eigenvalue weighted by Crippen LogP contribution is -2.49. The molecule has 1 aliphatic rings. The van der Waals surface area contributed by atoms with E-state index in [4.69, 9.17) is 4.74 Å². The van der Waals surface area contributed by atoms with E-state index in [1.54, 1.807) is 35.8 Å². The molecule has 1 aliphatic heterocycles. The fourth-order valence-corrected chi connectivity index (χ4v) is 5.17. The minimum Gasteiger partial charge on any atom is -0.491 e. The molecule has 8 nitrogen and oxygen atoms in total. The first-order valence-electron chi connectivity index (χ1n) is 10.4. The third-order valence-electron chi connectivity index (χ3n) is 4.95. The Labute approximate surface area is 188 Å². The van der Waals surface area contributed by atoms with E-state index in [0.717, 1.165) is 5.56 Å². The van der Waals surface area contributed by atoms with Gasteiger partial charge in [-0.15, -0.1) is 11.3 Å². The number of carbonyl (C=O) groups is 1. The SMILES string of the molecule is CC(C)Oc1cc(CN2CCN(S(=O)(=O)C(C)C)CC2)cc(C(=O)Nc2nccs2)c1. The first-order chi connectivity index (χ1) is 14.6. The average Bonchev–Trinajstić information content (AvgIpc) is 3.20. The van der Waals surface area contributed by atoms with Crippen LogP contribution in [0.3, 0.4) is 0 Å². The number of hydrogen-bond donors (Lipinski definition) is 1. The number of carbonyl (C=O) groups excluding carboxylic acids is 1. The van der Waals surface area contributed by atoms with Crippen LogP contribution in [0.1, 0.15) is 43.6 Å². The van der Waals surface area contributed by atoms with Crippen molar-refractivity contribution in [2.24, 2.45) is 0 Å². The van der Waals surface area contributed by atoms with Gasteiger partial charge < -0.3 is 4.74 Å². The summed E-state index contributed by atoms with van der Waals surface area (Å²) < 4.78 is 32.2. The molecule has 0 aliphatic carbocycles. The minimum atomic E-state index is -3.23. The number of amides is 1. The molecule has 0 saturated carbocycles. The maximum atomic E-state index is 12.7. The van der Waals surface area contributed by atoms with Gasteiger partial charge in [0.1, 0.15) is 5.75 Å². The van der Waals surface area contributed by atoms with Crippen LogP contribution in [0.5, 0.6) is 5.75 Å². The maximum Gasteiger partial charge on any atom is 0.257 e. The topological polar surface area (TPSA) is 91.8 Å². The highest BCUT2D eigenvalue weighted by Crippen LogP contribution is 2.23. The summed E-state index contributed by atoms with van der Waals surface area (Å²) in [6, 6.07) is 5.53. The molecule has 31 heavy (non-hydrogen) atoms. The second-order valence-corrected chi connectivity index (χ2v) is 11.5. The van der Waals surface area contributed by atoms with Crippen molar-refractivity contribution in [3.05, 3.63) is 40.9 Å². The quantitative estimate of drug-likeness (QED) is 0.643. The van der Waals surface area contributed by atoms with E-state index in [0.29, 0.717) is 49.2 Å². The first-order valence-corrected chi connectivity index (χ1v) is 12.8. The van der Waals surface area contributed by atoms with Gasteiger partial charge in [-0.3, -0.25) is 15.0 Å². The zero-order valence-corrected chi connectivity index (χ0v) is 20.0. The fourth-order valence-electron chi connectivity index (χ4n) is 3.38. The van der Waals surface area contributed by atoms with Crippen LogP contribution in [-0.4, -0.2) is 66.0 Å². The second-order valence-electron chi connectivity index (χ2n) is 8.09. The van der Waals surface area contributed by atoms with Crippen LogP contribution in [0.2, 0.25) is 0 Å². The first kappa shape index (κ1) is 23.6. The number of benzene rings is 1. The molecule has 0 unspecified atom stereocenters. The maximum absolute atomic E-state index is 12.7. The summed E-state index contributed by atoms with van der Waals surface area (Å²) in [7, 11) is -3.23. The predicted octanol–water partition coefficient (Wildman–Crippen LogP) is 3.04. The van der Waals surface area contributed by atoms with Crippen molar-refractivity contribution in [1.29, 1.82) is 0 Å². The van der Waals surface area contributed by atoms with Gasteiger partial charge in [0.05, 0.1) is 11.4 Å². The molecule has 1 fully saturated rings. The molecular weight excluding hydrogens is 436 g/mol. The molecule has 10 heteroatoms. The van der Waals surface area contributed by atoms with E-state index in [-0.39, 0.29) is 12.0 Å². The summed E-state index contributed by atoms with van der Waals surface area (Å²) in [4.78, 5) is 19.0. The van der Waals surface area contributed by atoms with Gasteiger partial charge in [0.25, 0.3) is 5.91 Å². The number of piperazine rings is 1. The lowest BCUT2D eigenvalue weighted by atomic mass is 10.1. The van der Waals surface area contributed by atoms with Crippen LogP contribution in [0.4, 0.5) is 5.13 Å². The molecular formula is C21H30N4O4S2. The van der Waals surface area contributed by atoms with Gasteiger partial charge in [0.2, 0.25) is 10.0 Å². The van der Waals surface area contributed by atoms with Crippen molar-refractivity contribution in [2.45, 2.75) is 45.6 Å². The number of rotatable bonds is 8. The van der Waals surface area contributed by atoms with Gasteiger partial charge in [-0.05, 0) is 51.5 Å². The number of ether oxygens (including phenoxy) is 1. The van der Waals surface area contributed by atoms with E-state index >= 15 is 0 Å². The van der Waals surface area contributed by atoms with Crippen LogP contribution in [-0.2, 0) is 16.6 Å². The Balaban J connectivity index is 1.72. The van der Waals surface area contributed by atoms with E-state index in [9.17, 15) is 13.2 Å². The predicted molar refractivity (Wildman–Crippen MR) is 123 cm³/mol. The molecule has 0 radical (unpaired) electrons. The Morgan fingerprint density at radius 2 is 1.87 bits per heavy atom. The van der Waals surface area contributed by atoms with Crippen LogP contribution in [0, 0.1) is 0 Å². The highest BCUT2D eigenvalue weighted by atomic mass is 32.2. The second kappa shape index (κ2) is 10.1. The van der Waals surface area contributed by atoms with Crippen molar-refractivity contribution in [2.75, 3.05) is 31.5 Å². The average molecular weight is 467 g/mol. The number of aromatic nitrogens is 1. The van der Waals surface area contributed by atoms with E-state index in [1.165, 1.54) is 11.3 Å². The Morgan fingerprint density at radius 1 is 1.16 bits per heavy atom. The molecule has 170 valence electrons. The van der Waals surface area contributed by atoms with Crippen molar-refractivity contribution in [1.82, 2.24) is 14.2 Å². The fraction of sp³-hybridized carbons (Fsp3) is 0.524. The summed E-state index contributed by atoms with van der Waals surface area (Å²) in [5.74, 6) is 0.399. The van der Waals surface area contributed by atoms with Crippen molar-refractivity contribution in [3.8, 4) is 5.75 Å². The van der Waals surface area contributed by atoms with Crippen LogP contribution >= 0.6 is 11.3 Å². The Morgan fingerprint density at radius 3 is 2.45 bits per heavy atom. The van der Waals surface area contributed by atoms with Gasteiger partial charge >= 0.3 is 0 Å². The van der Waals surface area contributed by atoms with Crippen LogP contribution in [0.25, 0.3) is 0 Å². The van der Waals surface area contributed by atoms with Crippen LogP contribution in [0.15, 0.2) is 29.8 Å². The standard InChI is InChI=1S/C21H30N4O4S2/c1-15(2)29-19-12-17(11-18(13-19)20(26)23-21-22-5-10-30-21)14-24-6-8-25(9-7-24)31(27,28)16(3)4/h5,10-13,15-16H,6-9,14H2,1-4H3,(H,22,23,26). The number of anilines is 1. The molecule has 1 aromatic heterocycles. The third-order valence-corrected chi connectivity index (χ3v) is 7.91.